The summed E-state index contributed by atoms with van der Waals surface area (Å²) >= 11 is 0. The molecule has 0 spiro atoms. The number of para-hydroxylation sites is 1. The fourth-order valence-electron chi connectivity index (χ4n) is 1.66. The lowest BCUT2D eigenvalue weighted by Gasteiger charge is -2.11. The quantitative estimate of drug-likeness (QED) is 0.524. The summed E-state index contributed by atoms with van der Waals surface area (Å²) in [6, 6.07) is 5.06. The molecule has 5 heteroatoms. The normalized spacial score (nSPS) is 11.9. The maximum atomic E-state index is 11.9. The SMILES string of the molecule is COc1c(N)cccc1C(=O)NCCCC(C)O. The Hall–Kier alpha value is -1.75. The van der Waals surface area contributed by atoms with Crippen LogP contribution in [-0.4, -0.2) is 30.8 Å². The van der Waals surface area contributed by atoms with Gasteiger partial charge < -0.3 is 20.9 Å². The number of hydrogen-bond donors (Lipinski definition) is 3. The number of benzene rings is 1. The van der Waals surface area contributed by atoms with Gasteiger partial charge in [-0.2, -0.15) is 0 Å². The molecule has 0 aliphatic heterocycles. The first-order valence-corrected chi connectivity index (χ1v) is 5.95. The zero-order valence-electron chi connectivity index (χ0n) is 10.8. The Balaban J connectivity index is 2.59. The predicted molar refractivity (Wildman–Crippen MR) is 70.7 cm³/mol. The topological polar surface area (TPSA) is 84.6 Å². The molecule has 1 aromatic rings. The van der Waals surface area contributed by atoms with Crippen molar-refractivity contribution in [2.45, 2.75) is 25.9 Å². The van der Waals surface area contributed by atoms with E-state index in [2.05, 4.69) is 5.32 Å². The molecule has 0 saturated carbocycles. The maximum absolute atomic E-state index is 11.9. The Bertz CT molecular complexity index is 405. The number of carbonyl (C=O) groups excluding carboxylic acids is 1. The fraction of sp³-hybridized carbons (Fsp3) is 0.462. The van der Waals surface area contributed by atoms with Crippen LogP contribution in [0.2, 0.25) is 0 Å². The summed E-state index contributed by atoms with van der Waals surface area (Å²) in [5.41, 5.74) is 6.59. The number of methoxy groups -OCH3 is 1. The lowest BCUT2D eigenvalue weighted by Crippen LogP contribution is -2.25. The fourth-order valence-corrected chi connectivity index (χ4v) is 1.66. The Morgan fingerprint density at radius 3 is 2.89 bits per heavy atom. The van der Waals surface area contributed by atoms with Gasteiger partial charge in [0.15, 0.2) is 5.75 Å². The van der Waals surface area contributed by atoms with Crippen molar-refractivity contribution in [3.8, 4) is 5.75 Å². The minimum Gasteiger partial charge on any atom is -0.494 e. The van der Waals surface area contributed by atoms with E-state index >= 15 is 0 Å². The summed E-state index contributed by atoms with van der Waals surface area (Å²) in [6.07, 6.45) is 1.05. The number of carbonyl (C=O) groups is 1. The highest BCUT2D eigenvalue weighted by atomic mass is 16.5. The molecule has 1 unspecified atom stereocenters. The zero-order valence-corrected chi connectivity index (χ0v) is 10.8. The van der Waals surface area contributed by atoms with Crippen molar-refractivity contribution >= 4 is 11.6 Å². The van der Waals surface area contributed by atoms with E-state index in [1.54, 1.807) is 25.1 Å². The van der Waals surface area contributed by atoms with Crippen LogP contribution in [0.5, 0.6) is 5.75 Å². The van der Waals surface area contributed by atoms with Crippen molar-refractivity contribution in [3.05, 3.63) is 23.8 Å². The van der Waals surface area contributed by atoms with Gasteiger partial charge in [-0.1, -0.05) is 6.07 Å². The number of ether oxygens (including phenoxy) is 1. The molecule has 100 valence electrons. The summed E-state index contributed by atoms with van der Waals surface area (Å²) in [4.78, 5) is 11.9. The van der Waals surface area contributed by atoms with Crippen LogP contribution >= 0.6 is 0 Å². The van der Waals surface area contributed by atoms with E-state index in [0.717, 1.165) is 6.42 Å². The molecule has 1 aromatic carbocycles. The van der Waals surface area contributed by atoms with Gasteiger partial charge in [0.1, 0.15) is 0 Å². The smallest absolute Gasteiger partial charge is 0.255 e. The summed E-state index contributed by atoms with van der Waals surface area (Å²) in [6.45, 7) is 2.24. The van der Waals surface area contributed by atoms with Gasteiger partial charge in [0.05, 0.1) is 24.5 Å². The standard InChI is InChI=1S/C13H20N2O3/c1-9(16)5-4-8-15-13(17)10-6-3-7-11(14)12(10)18-2/h3,6-7,9,16H,4-5,8,14H2,1-2H3,(H,15,17). The van der Waals surface area contributed by atoms with E-state index in [1.165, 1.54) is 7.11 Å². The predicted octanol–water partition coefficient (Wildman–Crippen LogP) is 1.17. The molecule has 0 saturated heterocycles. The monoisotopic (exact) mass is 252 g/mol. The van der Waals surface area contributed by atoms with Crippen LogP contribution in [0.4, 0.5) is 5.69 Å². The third-order valence-corrected chi connectivity index (χ3v) is 2.58. The lowest BCUT2D eigenvalue weighted by atomic mass is 10.1. The largest absolute Gasteiger partial charge is 0.494 e. The van der Waals surface area contributed by atoms with Gasteiger partial charge in [0.25, 0.3) is 5.91 Å². The van der Waals surface area contributed by atoms with Gasteiger partial charge >= 0.3 is 0 Å². The molecule has 18 heavy (non-hydrogen) atoms. The van der Waals surface area contributed by atoms with Crippen LogP contribution in [0.3, 0.4) is 0 Å². The van der Waals surface area contributed by atoms with Crippen molar-refractivity contribution in [1.82, 2.24) is 5.32 Å². The number of nitrogen functional groups attached to an aromatic ring is 1. The van der Waals surface area contributed by atoms with Gasteiger partial charge in [-0.05, 0) is 31.9 Å². The minimum atomic E-state index is -0.344. The van der Waals surface area contributed by atoms with Gasteiger partial charge in [0.2, 0.25) is 0 Å². The molecule has 0 radical (unpaired) electrons. The molecule has 0 aliphatic carbocycles. The maximum Gasteiger partial charge on any atom is 0.255 e. The highest BCUT2D eigenvalue weighted by Crippen LogP contribution is 2.25. The second-order valence-corrected chi connectivity index (χ2v) is 4.18. The van der Waals surface area contributed by atoms with Gasteiger partial charge in [-0.25, -0.2) is 0 Å². The number of aliphatic hydroxyl groups is 1. The average Bonchev–Trinajstić information content (AvgIpc) is 2.33. The van der Waals surface area contributed by atoms with Crippen LogP contribution in [0.1, 0.15) is 30.1 Å². The molecule has 0 fully saturated rings. The molecule has 5 nitrogen and oxygen atoms in total. The first-order chi connectivity index (χ1) is 8.56. The number of rotatable bonds is 6. The van der Waals surface area contributed by atoms with Crippen molar-refractivity contribution in [2.24, 2.45) is 0 Å². The molecule has 0 bridgehead atoms. The number of anilines is 1. The van der Waals surface area contributed by atoms with Crippen molar-refractivity contribution in [1.29, 1.82) is 0 Å². The molecule has 1 rings (SSSR count). The lowest BCUT2D eigenvalue weighted by molar-refractivity contribution is 0.0946. The summed E-state index contributed by atoms with van der Waals surface area (Å²) < 4.78 is 5.12. The van der Waals surface area contributed by atoms with Crippen LogP contribution in [0.25, 0.3) is 0 Å². The van der Waals surface area contributed by atoms with Crippen LogP contribution < -0.4 is 15.8 Å². The average molecular weight is 252 g/mol. The number of amides is 1. The van der Waals surface area contributed by atoms with E-state index in [1.807, 2.05) is 0 Å². The van der Waals surface area contributed by atoms with Gasteiger partial charge in [0, 0.05) is 6.54 Å². The van der Waals surface area contributed by atoms with E-state index in [-0.39, 0.29) is 12.0 Å². The van der Waals surface area contributed by atoms with Gasteiger partial charge in [-0.15, -0.1) is 0 Å². The second-order valence-electron chi connectivity index (χ2n) is 4.18. The number of nitrogens with one attached hydrogen (secondary N) is 1. The zero-order chi connectivity index (χ0) is 13.5. The van der Waals surface area contributed by atoms with Crippen LogP contribution in [-0.2, 0) is 0 Å². The molecule has 4 N–H and O–H groups in total. The summed E-state index contributed by atoms with van der Waals surface area (Å²) in [7, 11) is 1.48. The Labute approximate surface area is 107 Å². The van der Waals surface area contributed by atoms with E-state index in [0.29, 0.717) is 30.0 Å². The van der Waals surface area contributed by atoms with Crippen molar-refractivity contribution in [3.63, 3.8) is 0 Å². The summed E-state index contributed by atoms with van der Waals surface area (Å²) in [5, 5.41) is 11.9. The first kappa shape index (κ1) is 14.3. The number of nitrogens with two attached hydrogens (primary N) is 1. The van der Waals surface area contributed by atoms with E-state index < -0.39 is 0 Å². The number of aliphatic hydroxyl groups excluding tert-OH is 1. The molecular weight excluding hydrogens is 232 g/mol. The molecule has 0 heterocycles. The highest BCUT2D eigenvalue weighted by Gasteiger charge is 2.13. The van der Waals surface area contributed by atoms with E-state index in [9.17, 15) is 4.79 Å². The highest BCUT2D eigenvalue weighted by molar-refractivity contribution is 5.98. The molecular formula is C13H20N2O3. The summed E-state index contributed by atoms with van der Waals surface area (Å²) in [5.74, 6) is 0.176. The number of hydrogen-bond acceptors (Lipinski definition) is 4. The molecule has 0 aromatic heterocycles. The third kappa shape index (κ3) is 3.92. The molecule has 1 atom stereocenters. The molecule has 0 aliphatic rings. The van der Waals surface area contributed by atoms with Crippen molar-refractivity contribution in [2.75, 3.05) is 19.4 Å². The Morgan fingerprint density at radius 2 is 2.28 bits per heavy atom. The second kappa shape index (κ2) is 6.86. The van der Waals surface area contributed by atoms with Crippen LogP contribution in [0, 0.1) is 0 Å². The van der Waals surface area contributed by atoms with E-state index in [4.69, 9.17) is 15.6 Å². The first-order valence-electron chi connectivity index (χ1n) is 5.95. The minimum absolute atomic E-state index is 0.218. The Kier molecular flexibility index (Phi) is 5.45. The van der Waals surface area contributed by atoms with Crippen molar-refractivity contribution < 1.29 is 14.6 Å². The van der Waals surface area contributed by atoms with Gasteiger partial charge in [-0.3, -0.25) is 4.79 Å². The Morgan fingerprint density at radius 1 is 1.56 bits per heavy atom. The molecule has 1 amide bonds. The third-order valence-electron chi connectivity index (χ3n) is 2.58. The van der Waals surface area contributed by atoms with Crippen LogP contribution in [0.15, 0.2) is 18.2 Å².